The lowest BCUT2D eigenvalue weighted by molar-refractivity contribution is -0.137. The van der Waals surface area contributed by atoms with Gasteiger partial charge in [-0.25, -0.2) is 0 Å². The number of carbonyl (C=O) groups excluding carboxylic acids is 3. The summed E-state index contributed by atoms with van der Waals surface area (Å²) in [6.45, 7) is 3.63. The molecular weight excluding hydrogens is 623 g/mol. The quantitative estimate of drug-likeness (QED) is 0.118. The van der Waals surface area contributed by atoms with Crippen molar-refractivity contribution in [3.8, 4) is 0 Å². The molecule has 11 heteroatoms. The molecule has 1 atom stereocenters. The number of hydrogen-bond donors (Lipinski definition) is 3. The average Bonchev–Trinajstić information content (AvgIpc) is 3.01. The molecule has 0 radical (unpaired) electrons. The Hall–Kier alpha value is -4.54. The van der Waals surface area contributed by atoms with E-state index < -0.39 is 34.7 Å². The number of thioether (sulfide) groups is 1. The molecule has 4 aromatic carbocycles. The van der Waals surface area contributed by atoms with Gasteiger partial charge in [0.1, 0.15) is 5.70 Å². The normalized spacial score (nSPS) is 12.3. The van der Waals surface area contributed by atoms with Crippen molar-refractivity contribution in [3.63, 3.8) is 0 Å². The average molecular weight is 652 g/mol. The van der Waals surface area contributed by atoms with Crippen LogP contribution in [0.4, 0.5) is 24.5 Å². The van der Waals surface area contributed by atoms with Gasteiger partial charge in [0.05, 0.1) is 16.5 Å². The summed E-state index contributed by atoms with van der Waals surface area (Å²) in [5, 5.41) is 7.04. The van der Waals surface area contributed by atoms with Gasteiger partial charge in [0.15, 0.2) is 0 Å². The topological polar surface area (TPSA) is 87.3 Å². The van der Waals surface area contributed by atoms with Gasteiger partial charge in [0.2, 0.25) is 5.91 Å². The third-order valence-corrected chi connectivity index (χ3v) is 8.19. The molecule has 0 aliphatic carbocycles. The predicted molar refractivity (Wildman–Crippen MR) is 173 cm³/mol. The molecule has 0 spiro atoms. The molecule has 0 saturated heterocycles. The van der Waals surface area contributed by atoms with E-state index in [1.807, 2.05) is 31.2 Å². The Balaban J connectivity index is 1.52. The minimum atomic E-state index is -4.71. The van der Waals surface area contributed by atoms with Gasteiger partial charge in [0.25, 0.3) is 11.8 Å². The molecule has 3 amide bonds. The fourth-order valence-electron chi connectivity index (χ4n) is 4.25. The fraction of sp³-hybridized carbons (Fsp3) is 0.147. The maximum absolute atomic E-state index is 13.5. The summed E-state index contributed by atoms with van der Waals surface area (Å²) in [6.07, 6.45) is -2.80. The number of anilines is 2. The van der Waals surface area contributed by atoms with Crippen molar-refractivity contribution in [2.75, 3.05) is 10.6 Å². The maximum Gasteiger partial charge on any atom is 0.418 e. The van der Waals surface area contributed by atoms with Crippen molar-refractivity contribution in [2.45, 2.75) is 36.6 Å². The minimum absolute atomic E-state index is 0.0189. The summed E-state index contributed by atoms with van der Waals surface area (Å²) in [4.78, 5) is 40.0. The molecule has 232 valence electrons. The van der Waals surface area contributed by atoms with E-state index in [2.05, 4.69) is 16.0 Å². The van der Waals surface area contributed by atoms with Crippen LogP contribution in [0.5, 0.6) is 0 Å². The molecule has 4 aromatic rings. The van der Waals surface area contributed by atoms with E-state index in [4.69, 9.17) is 11.6 Å². The standard InChI is InChI=1S/C34H29ClF3N3O3S/c1-3-30(33(44)40-28-17-16-24(35)19-27(28)34(36,37)38)45-26-15-9-14-25(20-26)39-32(43)29(18-23-13-8-7-10-21(23)2)41-31(42)22-11-5-4-6-12-22/h4-20,30H,3H2,1-2H3,(H,39,43)(H,40,44)(H,41,42)/b29-18-. The van der Waals surface area contributed by atoms with Crippen molar-refractivity contribution < 1.29 is 27.6 Å². The molecular formula is C34H29ClF3N3O3S. The van der Waals surface area contributed by atoms with Crippen LogP contribution in [0.15, 0.2) is 108 Å². The lowest BCUT2D eigenvalue weighted by Crippen LogP contribution is -2.30. The Morgan fingerprint density at radius 3 is 2.29 bits per heavy atom. The molecule has 0 aliphatic rings. The minimum Gasteiger partial charge on any atom is -0.325 e. The predicted octanol–water partition coefficient (Wildman–Crippen LogP) is 8.59. The Morgan fingerprint density at radius 2 is 1.60 bits per heavy atom. The maximum atomic E-state index is 13.5. The van der Waals surface area contributed by atoms with Crippen LogP contribution in [0, 0.1) is 6.92 Å². The number of carbonyl (C=O) groups is 3. The number of halogens is 4. The van der Waals surface area contributed by atoms with Gasteiger partial charge in [-0.3, -0.25) is 14.4 Å². The Labute approximate surface area is 268 Å². The van der Waals surface area contributed by atoms with Crippen LogP contribution < -0.4 is 16.0 Å². The van der Waals surface area contributed by atoms with Gasteiger partial charge in [-0.15, -0.1) is 11.8 Å². The zero-order valence-corrected chi connectivity index (χ0v) is 25.8. The molecule has 0 heterocycles. The number of hydrogen-bond acceptors (Lipinski definition) is 4. The van der Waals surface area contributed by atoms with Crippen LogP contribution in [-0.2, 0) is 15.8 Å². The van der Waals surface area contributed by atoms with Crippen LogP contribution in [0.2, 0.25) is 5.02 Å². The number of rotatable bonds is 10. The smallest absolute Gasteiger partial charge is 0.325 e. The summed E-state index contributed by atoms with van der Waals surface area (Å²) in [5.74, 6) is -1.64. The second-order valence-corrected chi connectivity index (χ2v) is 11.6. The molecule has 1 unspecified atom stereocenters. The molecule has 0 bridgehead atoms. The molecule has 0 saturated carbocycles. The molecule has 45 heavy (non-hydrogen) atoms. The highest BCUT2D eigenvalue weighted by molar-refractivity contribution is 8.00. The van der Waals surface area contributed by atoms with Gasteiger partial charge in [-0.2, -0.15) is 13.2 Å². The molecule has 4 rings (SSSR count). The number of amides is 3. The monoisotopic (exact) mass is 651 g/mol. The third kappa shape index (κ3) is 9.23. The van der Waals surface area contributed by atoms with Gasteiger partial charge in [-0.05, 0) is 79.1 Å². The van der Waals surface area contributed by atoms with Crippen molar-refractivity contribution in [1.29, 1.82) is 0 Å². The zero-order chi connectivity index (χ0) is 32.6. The van der Waals surface area contributed by atoms with Crippen molar-refractivity contribution in [1.82, 2.24) is 5.32 Å². The zero-order valence-electron chi connectivity index (χ0n) is 24.2. The van der Waals surface area contributed by atoms with Crippen molar-refractivity contribution in [3.05, 3.63) is 130 Å². The van der Waals surface area contributed by atoms with Crippen LogP contribution in [0.3, 0.4) is 0 Å². The van der Waals surface area contributed by atoms with E-state index in [1.165, 1.54) is 6.07 Å². The van der Waals surface area contributed by atoms with Gasteiger partial charge >= 0.3 is 6.18 Å². The van der Waals surface area contributed by atoms with Crippen LogP contribution in [0.25, 0.3) is 6.08 Å². The summed E-state index contributed by atoms with van der Waals surface area (Å²) in [7, 11) is 0. The largest absolute Gasteiger partial charge is 0.418 e. The first kappa shape index (κ1) is 33.4. The second-order valence-electron chi connectivity index (χ2n) is 9.91. The highest BCUT2D eigenvalue weighted by atomic mass is 35.5. The lowest BCUT2D eigenvalue weighted by atomic mass is 10.1. The summed E-state index contributed by atoms with van der Waals surface area (Å²) < 4.78 is 40.6. The first-order valence-electron chi connectivity index (χ1n) is 13.8. The van der Waals surface area contributed by atoms with Gasteiger partial charge < -0.3 is 16.0 Å². The van der Waals surface area contributed by atoms with E-state index in [-0.39, 0.29) is 16.4 Å². The van der Waals surface area contributed by atoms with Gasteiger partial charge in [0, 0.05) is 21.2 Å². The molecule has 3 N–H and O–H groups in total. The van der Waals surface area contributed by atoms with E-state index >= 15 is 0 Å². The molecule has 6 nitrogen and oxygen atoms in total. The number of aryl methyl sites for hydroxylation is 1. The molecule has 0 aliphatic heterocycles. The van der Waals surface area contributed by atoms with E-state index in [0.29, 0.717) is 22.6 Å². The molecule has 0 fully saturated rings. The highest BCUT2D eigenvalue weighted by Crippen LogP contribution is 2.37. The SMILES string of the molecule is CCC(Sc1cccc(NC(=O)/C(=C/c2ccccc2C)NC(=O)c2ccccc2)c1)C(=O)Nc1ccc(Cl)cc1C(F)(F)F. The summed E-state index contributed by atoms with van der Waals surface area (Å²) >= 11 is 6.90. The van der Waals surface area contributed by atoms with Gasteiger partial charge in [-0.1, -0.05) is 67.1 Å². The first-order chi connectivity index (χ1) is 21.4. The second kappa shape index (κ2) is 15.0. The highest BCUT2D eigenvalue weighted by Gasteiger charge is 2.34. The number of nitrogens with one attached hydrogen (secondary N) is 3. The molecule has 0 aromatic heterocycles. The summed E-state index contributed by atoms with van der Waals surface area (Å²) in [6, 6.07) is 25.8. The Kier molecular flexibility index (Phi) is 11.1. The van der Waals surface area contributed by atoms with Crippen LogP contribution in [-0.4, -0.2) is 23.0 Å². The van der Waals surface area contributed by atoms with Crippen molar-refractivity contribution in [2.24, 2.45) is 0 Å². The Morgan fingerprint density at radius 1 is 0.889 bits per heavy atom. The first-order valence-corrected chi connectivity index (χ1v) is 15.1. The third-order valence-electron chi connectivity index (χ3n) is 6.60. The van der Waals surface area contributed by atoms with Crippen LogP contribution in [0.1, 0.15) is 40.4 Å². The van der Waals surface area contributed by atoms with E-state index in [1.54, 1.807) is 67.6 Å². The van der Waals surface area contributed by atoms with Crippen molar-refractivity contribution >= 4 is 58.5 Å². The lowest BCUT2D eigenvalue weighted by Gasteiger charge is -2.18. The number of alkyl halides is 3. The van der Waals surface area contributed by atoms with Crippen LogP contribution >= 0.6 is 23.4 Å². The fourth-order valence-corrected chi connectivity index (χ4v) is 5.44. The Bertz CT molecular complexity index is 1730. The van der Waals surface area contributed by atoms with E-state index in [0.717, 1.165) is 35.0 Å². The summed E-state index contributed by atoms with van der Waals surface area (Å²) in [5.41, 5.74) is 1.01. The number of benzene rings is 4. The van der Waals surface area contributed by atoms with E-state index in [9.17, 15) is 27.6 Å².